The molecule has 0 aliphatic heterocycles. The summed E-state index contributed by atoms with van der Waals surface area (Å²) in [6.07, 6.45) is 4.01. The lowest BCUT2D eigenvalue weighted by atomic mass is 9.91. The minimum Gasteiger partial charge on any atom is -0.490 e. The number of carbonyl (C=O) groups excluding carboxylic acids is 2. The van der Waals surface area contributed by atoms with Crippen LogP contribution in [0.25, 0.3) is 33.4 Å². The van der Waals surface area contributed by atoms with E-state index in [2.05, 4.69) is 37.8 Å². The molecule has 0 fully saturated rings. The summed E-state index contributed by atoms with van der Waals surface area (Å²) in [5.41, 5.74) is 6.35. The van der Waals surface area contributed by atoms with Gasteiger partial charge in [-0.15, -0.1) is 0 Å². The number of hydrogen-bond acceptors (Lipinski definition) is 8. The SMILES string of the molecule is C=C(CO)C(=O)OCCOc1ccc(F)c(-c2ccc(-c3ccc(-c4cccc(OCCOC(=O)C(C)CO)c4)cc3)c(CCCCC)c2)c1. The Labute approximate surface area is 293 Å². The van der Waals surface area contributed by atoms with E-state index in [-0.39, 0.29) is 44.4 Å². The first-order chi connectivity index (χ1) is 24.2. The van der Waals surface area contributed by atoms with E-state index in [1.54, 1.807) is 13.0 Å². The third kappa shape index (κ3) is 10.8. The fourth-order valence-corrected chi connectivity index (χ4v) is 5.22. The lowest BCUT2D eigenvalue weighted by Gasteiger charge is -2.15. The summed E-state index contributed by atoms with van der Waals surface area (Å²) in [5.74, 6) is -0.990. The number of aliphatic hydroxyl groups is 2. The first-order valence-corrected chi connectivity index (χ1v) is 16.9. The Kier molecular flexibility index (Phi) is 14.6. The topological polar surface area (TPSA) is 112 Å². The van der Waals surface area contributed by atoms with E-state index in [0.29, 0.717) is 17.1 Å². The zero-order valence-electron chi connectivity index (χ0n) is 28.7. The van der Waals surface area contributed by atoms with Crippen LogP contribution >= 0.6 is 0 Å². The maximum Gasteiger partial charge on any atom is 0.335 e. The Balaban J connectivity index is 1.48. The number of rotatable bonds is 19. The van der Waals surface area contributed by atoms with Gasteiger partial charge in [0.25, 0.3) is 0 Å². The van der Waals surface area contributed by atoms with Gasteiger partial charge in [0.1, 0.15) is 43.7 Å². The molecular weight excluding hydrogens is 639 g/mol. The van der Waals surface area contributed by atoms with Crippen LogP contribution in [0.1, 0.15) is 38.7 Å². The van der Waals surface area contributed by atoms with Gasteiger partial charge in [0.2, 0.25) is 0 Å². The fourth-order valence-electron chi connectivity index (χ4n) is 5.22. The largest absolute Gasteiger partial charge is 0.490 e. The van der Waals surface area contributed by atoms with Crippen LogP contribution in [-0.4, -0.2) is 61.8 Å². The van der Waals surface area contributed by atoms with Gasteiger partial charge >= 0.3 is 11.9 Å². The lowest BCUT2D eigenvalue weighted by Crippen LogP contribution is -2.20. The Morgan fingerprint density at radius 1 is 0.740 bits per heavy atom. The van der Waals surface area contributed by atoms with Crippen LogP contribution in [0.2, 0.25) is 0 Å². The molecule has 0 bridgehead atoms. The highest BCUT2D eigenvalue weighted by molar-refractivity contribution is 5.87. The summed E-state index contributed by atoms with van der Waals surface area (Å²) in [5, 5.41) is 18.1. The van der Waals surface area contributed by atoms with Crippen LogP contribution < -0.4 is 9.47 Å². The molecule has 1 atom stereocenters. The number of benzene rings is 4. The second-order valence-corrected chi connectivity index (χ2v) is 11.9. The molecular formula is C41H45FO8. The molecule has 2 N–H and O–H groups in total. The zero-order valence-corrected chi connectivity index (χ0v) is 28.7. The number of carbonyl (C=O) groups is 2. The second kappa shape index (κ2) is 19.3. The minimum absolute atomic E-state index is 0.0381. The molecule has 9 heteroatoms. The average molecular weight is 685 g/mol. The smallest absolute Gasteiger partial charge is 0.335 e. The van der Waals surface area contributed by atoms with Crippen molar-refractivity contribution in [1.82, 2.24) is 0 Å². The van der Waals surface area contributed by atoms with Crippen LogP contribution in [0.5, 0.6) is 11.5 Å². The van der Waals surface area contributed by atoms with Crippen molar-refractivity contribution in [2.75, 3.05) is 39.6 Å². The fraction of sp³-hybridized carbons (Fsp3) is 0.317. The van der Waals surface area contributed by atoms with Gasteiger partial charge < -0.3 is 29.2 Å². The molecule has 0 radical (unpaired) electrons. The third-order valence-corrected chi connectivity index (χ3v) is 8.10. The third-order valence-electron chi connectivity index (χ3n) is 8.10. The van der Waals surface area contributed by atoms with Crippen LogP contribution in [0, 0.1) is 11.7 Å². The maximum atomic E-state index is 15.1. The molecule has 0 amide bonds. The maximum absolute atomic E-state index is 15.1. The summed E-state index contributed by atoms with van der Waals surface area (Å²) >= 11 is 0. The van der Waals surface area contributed by atoms with Gasteiger partial charge in [-0.3, -0.25) is 4.79 Å². The molecule has 0 saturated heterocycles. The van der Waals surface area contributed by atoms with Gasteiger partial charge in [0.05, 0.1) is 24.7 Å². The van der Waals surface area contributed by atoms with E-state index in [1.807, 2.05) is 42.5 Å². The summed E-state index contributed by atoms with van der Waals surface area (Å²) in [7, 11) is 0. The summed E-state index contributed by atoms with van der Waals surface area (Å²) in [4.78, 5) is 23.4. The highest BCUT2D eigenvalue weighted by Gasteiger charge is 2.14. The highest BCUT2D eigenvalue weighted by Crippen LogP contribution is 2.34. The molecule has 0 aliphatic rings. The predicted molar refractivity (Wildman–Crippen MR) is 191 cm³/mol. The van der Waals surface area contributed by atoms with Gasteiger partial charge in [-0.25, -0.2) is 9.18 Å². The summed E-state index contributed by atoms with van der Waals surface area (Å²) in [6, 6.07) is 26.5. The van der Waals surface area contributed by atoms with E-state index in [0.717, 1.165) is 59.1 Å². The normalized spacial score (nSPS) is 11.5. The number of esters is 2. The van der Waals surface area contributed by atoms with E-state index in [1.165, 1.54) is 12.1 Å². The molecule has 4 aromatic carbocycles. The number of unbranched alkanes of at least 4 members (excludes halogenated alkanes) is 2. The molecule has 1 unspecified atom stereocenters. The Bertz CT molecular complexity index is 1730. The first kappa shape index (κ1) is 37.8. The van der Waals surface area contributed by atoms with Gasteiger partial charge in [0, 0.05) is 5.56 Å². The van der Waals surface area contributed by atoms with Crippen LogP contribution in [0.3, 0.4) is 0 Å². The minimum atomic E-state index is -0.691. The van der Waals surface area contributed by atoms with Gasteiger partial charge in [-0.05, 0) is 83.5 Å². The zero-order chi connectivity index (χ0) is 35.9. The number of aryl methyl sites for hydroxylation is 1. The van der Waals surface area contributed by atoms with E-state index in [4.69, 9.17) is 29.2 Å². The quantitative estimate of drug-likeness (QED) is 0.0591. The van der Waals surface area contributed by atoms with Crippen molar-refractivity contribution in [1.29, 1.82) is 0 Å². The van der Waals surface area contributed by atoms with Gasteiger partial charge in [-0.2, -0.15) is 0 Å². The van der Waals surface area contributed by atoms with Crippen molar-refractivity contribution in [3.8, 4) is 44.9 Å². The Morgan fingerprint density at radius 2 is 1.42 bits per heavy atom. The molecule has 0 aliphatic carbocycles. The molecule has 0 spiro atoms. The average Bonchev–Trinajstić information content (AvgIpc) is 3.15. The van der Waals surface area contributed by atoms with E-state index < -0.39 is 24.5 Å². The monoisotopic (exact) mass is 684 g/mol. The van der Waals surface area contributed by atoms with Gasteiger partial charge in [-0.1, -0.05) is 80.9 Å². The lowest BCUT2D eigenvalue weighted by molar-refractivity contribution is -0.150. The molecule has 4 rings (SSSR count). The highest BCUT2D eigenvalue weighted by atomic mass is 19.1. The summed E-state index contributed by atoms with van der Waals surface area (Å²) in [6.45, 7) is 6.78. The molecule has 8 nitrogen and oxygen atoms in total. The van der Waals surface area contributed by atoms with Crippen LogP contribution in [-0.2, 0) is 25.5 Å². The molecule has 0 heterocycles. The molecule has 4 aromatic rings. The van der Waals surface area contributed by atoms with E-state index >= 15 is 4.39 Å². The molecule has 264 valence electrons. The van der Waals surface area contributed by atoms with Crippen molar-refractivity contribution in [3.05, 3.63) is 108 Å². The Hall–Kier alpha value is -4.99. The molecule has 0 saturated carbocycles. The molecule has 0 aromatic heterocycles. The van der Waals surface area contributed by atoms with Crippen molar-refractivity contribution in [3.63, 3.8) is 0 Å². The van der Waals surface area contributed by atoms with Crippen LogP contribution in [0.4, 0.5) is 4.39 Å². The summed E-state index contributed by atoms with van der Waals surface area (Å²) < 4.78 is 36.8. The second-order valence-electron chi connectivity index (χ2n) is 11.9. The van der Waals surface area contributed by atoms with Crippen molar-refractivity contribution in [2.45, 2.75) is 39.5 Å². The number of halogens is 1. The molecule has 50 heavy (non-hydrogen) atoms. The van der Waals surface area contributed by atoms with Crippen LogP contribution in [0.15, 0.2) is 97.1 Å². The van der Waals surface area contributed by atoms with Crippen molar-refractivity contribution in [2.24, 2.45) is 5.92 Å². The van der Waals surface area contributed by atoms with Gasteiger partial charge in [0.15, 0.2) is 0 Å². The standard InChI is InChI=1S/C41H45FO8/c1-4-5-6-8-33-23-34(38-25-36(16-18-39(38)42)48-20-22-50-41(46)29(3)27-44)15-17-37(33)31-13-11-30(12-14-31)32-9-7-10-35(24-32)47-19-21-49-40(45)28(2)26-43/h7,9-18,23-25,28,43-44H,3-6,8,19-22,26-27H2,1-2H3. The Morgan fingerprint density at radius 3 is 2.12 bits per heavy atom. The van der Waals surface area contributed by atoms with Crippen molar-refractivity contribution >= 4 is 11.9 Å². The van der Waals surface area contributed by atoms with E-state index in [9.17, 15) is 9.59 Å². The predicted octanol–water partition coefficient (Wildman–Crippen LogP) is 7.58. The van der Waals surface area contributed by atoms with Crippen molar-refractivity contribution < 1.29 is 43.1 Å². The number of aliphatic hydroxyl groups excluding tert-OH is 2. The number of ether oxygens (including phenoxy) is 4. The first-order valence-electron chi connectivity index (χ1n) is 16.9. The number of hydrogen-bond donors (Lipinski definition) is 2.